The third kappa shape index (κ3) is 3.99. The van der Waals surface area contributed by atoms with E-state index in [1.54, 1.807) is 13.0 Å². The topological polar surface area (TPSA) is 75.6 Å². The number of carbonyl (C=O) groups excluding carboxylic acids is 2. The van der Waals surface area contributed by atoms with Crippen molar-refractivity contribution < 1.29 is 19.4 Å². The highest BCUT2D eigenvalue weighted by atomic mass is 16.5. The van der Waals surface area contributed by atoms with Crippen LogP contribution in [0.1, 0.15) is 47.3 Å². The average molecular weight is 339 g/mol. The van der Waals surface area contributed by atoms with E-state index in [9.17, 15) is 14.7 Å². The van der Waals surface area contributed by atoms with Crippen LogP contribution in [0.5, 0.6) is 5.75 Å². The number of aryl methyl sites for hydroxylation is 1. The SMILES string of the molecule is C[C@H](OC(=O)c1cccc(O)c1)C(=O)N[C@H]1CCCc2ccccc21. The number of carbonyl (C=O) groups is 2. The maximum absolute atomic E-state index is 12.4. The van der Waals surface area contributed by atoms with Crippen LogP contribution < -0.4 is 5.32 Å². The Bertz CT molecular complexity index is 787. The van der Waals surface area contributed by atoms with Gasteiger partial charge < -0.3 is 15.2 Å². The second kappa shape index (κ2) is 7.38. The molecule has 0 bridgehead atoms. The summed E-state index contributed by atoms with van der Waals surface area (Å²) in [7, 11) is 0. The lowest BCUT2D eigenvalue weighted by molar-refractivity contribution is -0.130. The van der Waals surface area contributed by atoms with Crippen LogP contribution >= 0.6 is 0 Å². The fourth-order valence-corrected chi connectivity index (χ4v) is 3.11. The minimum atomic E-state index is -0.913. The molecule has 2 atom stereocenters. The number of nitrogens with one attached hydrogen (secondary N) is 1. The van der Waals surface area contributed by atoms with E-state index in [1.165, 1.54) is 23.8 Å². The van der Waals surface area contributed by atoms with Gasteiger partial charge in [-0.3, -0.25) is 4.79 Å². The summed E-state index contributed by atoms with van der Waals surface area (Å²) in [5, 5.41) is 12.4. The summed E-state index contributed by atoms with van der Waals surface area (Å²) < 4.78 is 5.22. The van der Waals surface area contributed by atoms with E-state index in [0.29, 0.717) is 0 Å². The number of rotatable bonds is 4. The highest BCUT2D eigenvalue weighted by molar-refractivity contribution is 5.92. The highest BCUT2D eigenvalue weighted by Crippen LogP contribution is 2.29. The molecule has 1 aliphatic rings. The number of benzene rings is 2. The first-order valence-corrected chi connectivity index (χ1v) is 8.43. The smallest absolute Gasteiger partial charge is 0.339 e. The van der Waals surface area contributed by atoms with Gasteiger partial charge in [-0.2, -0.15) is 0 Å². The van der Waals surface area contributed by atoms with Crippen molar-refractivity contribution in [1.29, 1.82) is 0 Å². The predicted molar refractivity (Wildman–Crippen MR) is 93.2 cm³/mol. The van der Waals surface area contributed by atoms with Crippen LogP contribution in [0, 0.1) is 0 Å². The fraction of sp³-hybridized carbons (Fsp3) is 0.300. The molecule has 3 rings (SSSR count). The Morgan fingerprint density at radius 2 is 2.00 bits per heavy atom. The van der Waals surface area contributed by atoms with Gasteiger partial charge in [0.2, 0.25) is 0 Å². The lowest BCUT2D eigenvalue weighted by Gasteiger charge is -2.27. The van der Waals surface area contributed by atoms with E-state index in [-0.39, 0.29) is 23.3 Å². The monoisotopic (exact) mass is 339 g/mol. The molecule has 0 spiro atoms. The summed E-state index contributed by atoms with van der Waals surface area (Å²) in [5.74, 6) is -0.983. The quantitative estimate of drug-likeness (QED) is 0.839. The fourth-order valence-electron chi connectivity index (χ4n) is 3.11. The van der Waals surface area contributed by atoms with E-state index >= 15 is 0 Å². The van der Waals surface area contributed by atoms with Crippen LogP contribution in [0.15, 0.2) is 48.5 Å². The molecule has 0 aromatic heterocycles. The summed E-state index contributed by atoms with van der Waals surface area (Å²) in [4.78, 5) is 24.5. The first-order chi connectivity index (χ1) is 12.0. The molecule has 130 valence electrons. The summed E-state index contributed by atoms with van der Waals surface area (Å²) in [6, 6.07) is 13.9. The number of esters is 1. The maximum atomic E-state index is 12.4. The van der Waals surface area contributed by atoms with Gasteiger partial charge in [-0.25, -0.2) is 4.79 Å². The average Bonchev–Trinajstić information content (AvgIpc) is 2.62. The molecule has 5 heteroatoms. The Hall–Kier alpha value is -2.82. The van der Waals surface area contributed by atoms with Crippen molar-refractivity contribution >= 4 is 11.9 Å². The molecule has 0 heterocycles. The Labute approximate surface area is 146 Å². The number of hydrogen-bond donors (Lipinski definition) is 2. The molecule has 1 aliphatic carbocycles. The van der Waals surface area contributed by atoms with E-state index in [2.05, 4.69) is 11.4 Å². The molecule has 0 fully saturated rings. The number of phenolic OH excluding ortho intramolecular Hbond substituents is 1. The van der Waals surface area contributed by atoms with Gasteiger partial charge in [0.25, 0.3) is 5.91 Å². The lowest BCUT2D eigenvalue weighted by Crippen LogP contribution is -2.39. The standard InChI is InChI=1S/C20H21NO4/c1-13(25-20(24)15-8-4-9-16(22)12-15)19(23)21-18-11-5-7-14-6-2-3-10-17(14)18/h2-4,6,8-10,12-13,18,22H,5,7,11H2,1H3,(H,21,23)/t13-,18-/m0/s1. The zero-order chi connectivity index (χ0) is 17.8. The van der Waals surface area contributed by atoms with Gasteiger partial charge in [0, 0.05) is 0 Å². The van der Waals surface area contributed by atoms with Gasteiger partial charge in [-0.05, 0) is 55.5 Å². The molecule has 25 heavy (non-hydrogen) atoms. The molecule has 2 aromatic rings. The molecular weight excluding hydrogens is 318 g/mol. The van der Waals surface area contributed by atoms with Crippen LogP contribution in [-0.4, -0.2) is 23.1 Å². The zero-order valence-electron chi connectivity index (χ0n) is 14.1. The number of amides is 1. The van der Waals surface area contributed by atoms with Gasteiger partial charge in [-0.1, -0.05) is 30.3 Å². The third-order valence-corrected chi connectivity index (χ3v) is 4.42. The Kier molecular flexibility index (Phi) is 5.03. The minimum Gasteiger partial charge on any atom is -0.508 e. The first-order valence-electron chi connectivity index (χ1n) is 8.43. The van der Waals surface area contributed by atoms with E-state index < -0.39 is 12.1 Å². The van der Waals surface area contributed by atoms with Crippen molar-refractivity contribution in [2.24, 2.45) is 0 Å². The molecule has 0 radical (unpaired) electrons. The maximum Gasteiger partial charge on any atom is 0.339 e. The number of aromatic hydroxyl groups is 1. The third-order valence-electron chi connectivity index (χ3n) is 4.42. The van der Waals surface area contributed by atoms with E-state index in [4.69, 9.17) is 4.74 Å². The van der Waals surface area contributed by atoms with Crippen LogP contribution in [0.25, 0.3) is 0 Å². The van der Waals surface area contributed by atoms with E-state index in [1.807, 2.05) is 18.2 Å². The molecule has 0 saturated carbocycles. The number of fused-ring (bicyclic) bond motifs is 1. The van der Waals surface area contributed by atoms with Crippen molar-refractivity contribution in [3.8, 4) is 5.75 Å². The van der Waals surface area contributed by atoms with Gasteiger partial charge >= 0.3 is 5.97 Å². The molecule has 2 N–H and O–H groups in total. The predicted octanol–water partition coefficient (Wildman–Crippen LogP) is 3.13. The Morgan fingerprint density at radius 3 is 2.80 bits per heavy atom. The van der Waals surface area contributed by atoms with Crippen LogP contribution in [-0.2, 0) is 16.0 Å². The van der Waals surface area contributed by atoms with Crippen molar-refractivity contribution in [3.05, 3.63) is 65.2 Å². The lowest BCUT2D eigenvalue weighted by atomic mass is 9.87. The van der Waals surface area contributed by atoms with Crippen LogP contribution in [0.2, 0.25) is 0 Å². The zero-order valence-corrected chi connectivity index (χ0v) is 14.1. The summed E-state index contributed by atoms with van der Waals surface area (Å²) in [6.45, 7) is 1.55. The molecule has 2 aromatic carbocycles. The largest absolute Gasteiger partial charge is 0.508 e. The summed E-state index contributed by atoms with van der Waals surface area (Å²) >= 11 is 0. The molecular formula is C20H21NO4. The van der Waals surface area contributed by atoms with Crippen LogP contribution in [0.3, 0.4) is 0 Å². The second-order valence-corrected chi connectivity index (χ2v) is 6.25. The number of phenols is 1. The molecule has 1 amide bonds. The normalized spacial score (nSPS) is 17.2. The summed E-state index contributed by atoms with van der Waals surface area (Å²) in [5.41, 5.74) is 2.60. The van der Waals surface area contributed by atoms with Crippen molar-refractivity contribution in [3.63, 3.8) is 0 Å². The van der Waals surface area contributed by atoms with Crippen molar-refractivity contribution in [2.45, 2.75) is 38.3 Å². The number of ether oxygens (including phenoxy) is 1. The minimum absolute atomic E-state index is 0.0228. The first kappa shape index (κ1) is 17.0. The molecule has 0 aliphatic heterocycles. The Morgan fingerprint density at radius 1 is 1.20 bits per heavy atom. The second-order valence-electron chi connectivity index (χ2n) is 6.25. The van der Waals surface area contributed by atoms with Crippen LogP contribution in [0.4, 0.5) is 0 Å². The van der Waals surface area contributed by atoms with Gasteiger partial charge in [0.05, 0.1) is 11.6 Å². The van der Waals surface area contributed by atoms with Gasteiger partial charge in [-0.15, -0.1) is 0 Å². The van der Waals surface area contributed by atoms with E-state index in [0.717, 1.165) is 24.8 Å². The van der Waals surface area contributed by atoms with Crippen molar-refractivity contribution in [2.75, 3.05) is 0 Å². The van der Waals surface area contributed by atoms with Crippen molar-refractivity contribution in [1.82, 2.24) is 5.32 Å². The molecule has 0 saturated heterocycles. The molecule has 5 nitrogen and oxygen atoms in total. The highest BCUT2D eigenvalue weighted by Gasteiger charge is 2.25. The summed E-state index contributed by atoms with van der Waals surface area (Å²) in [6.07, 6.45) is 1.99. The Balaban J connectivity index is 1.63. The van der Waals surface area contributed by atoms with Gasteiger partial charge in [0.1, 0.15) is 5.75 Å². The molecule has 0 unspecified atom stereocenters. The van der Waals surface area contributed by atoms with Gasteiger partial charge in [0.15, 0.2) is 6.10 Å². The number of hydrogen-bond acceptors (Lipinski definition) is 4.